The minimum atomic E-state index is 0.157. The van der Waals surface area contributed by atoms with Crippen LogP contribution in [0, 0.1) is 0 Å². The molecule has 4 nitrogen and oxygen atoms in total. The van der Waals surface area contributed by atoms with E-state index in [2.05, 4.69) is 16.0 Å². The Bertz CT molecular complexity index is 946. The van der Waals surface area contributed by atoms with Gasteiger partial charge in [-0.2, -0.15) is 0 Å². The van der Waals surface area contributed by atoms with E-state index in [1.807, 2.05) is 42.5 Å². The number of hydrogen-bond donors (Lipinski definition) is 1. The molecule has 1 N–H and O–H groups in total. The van der Waals surface area contributed by atoms with E-state index in [9.17, 15) is 4.79 Å². The van der Waals surface area contributed by atoms with Crippen LogP contribution in [-0.4, -0.2) is 23.5 Å². The summed E-state index contributed by atoms with van der Waals surface area (Å²) in [5.74, 6) is 0.899. The lowest BCUT2D eigenvalue weighted by molar-refractivity contribution is 0.239. The van der Waals surface area contributed by atoms with Gasteiger partial charge in [-0.15, -0.1) is 0 Å². The van der Waals surface area contributed by atoms with Crippen LogP contribution in [-0.2, 0) is 19.5 Å². The van der Waals surface area contributed by atoms with Gasteiger partial charge in [0.15, 0.2) is 5.43 Å². The zero-order chi connectivity index (χ0) is 16.5. The van der Waals surface area contributed by atoms with Crippen molar-refractivity contribution in [1.82, 2.24) is 9.88 Å². The fourth-order valence-corrected chi connectivity index (χ4v) is 3.49. The molecule has 0 bridgehead atoms. The van der Waals surface area contributed by atoms with Crippen LogP contribution in [0.5, 0.6) is 5.75 Å². The van der Waals surface area contributed by atoms with Crippen molar-refractivity contribution in [2.45, 2.75) is 19.5 Å². The molecule has 0 unspecified atom stereocenters. The van der Waals surface area contributed by atoms with Gasteiger partial charge in [-0.1, -0.05) is 30.3 Å². The van der Waals surface area contributed by atoms with Crippen LogP contribution in [0.2, 0.25) is 0 Å². The summed E-state index contributed by atoms with van der Waals surface area (Å²) in [7, 11) is 1.70. The van der Waals surface area contributed by atoms with E-state index >= 15 is 0 Å². The van der Waals surface area contributed by atoms with Gasteiger partial charge in [-0.25, -0.2) is 0 Å². The quantitative estimate of drug-likeness (QED) is 0.806. The molecule has 0 radical (unpaired) electrons. The minimum absolute atomic E-state index is 0.157. The topological polar surface area (TPSA) is 45.3 Å². The van der Waals surface area contributed by atoms with E-state index < -0.39 is 0 Å². The Morgan fingerprint density at radius 1 is 1.12 bits per heavy atom. The molecule has 0 aliphatic carbocycles. The normalized spacial score (nSPS) is 14.5. The molecule has 1 aromatic heterocycles. The van der Waals surface area contributed by atoms with Crippen LogP contribution in [0.15, 0.2) is 53.3 Å². The fourth-order valence-electron chi connectivity index (χ4n) is 3.49. The predicted molar refractivity (Wildman–Crippen MR) is 95.4 cm³/mol. The van der Waals surface area contributed by atoms with Gasteiger partial charge in [0.25, 0.3) is 0 Å². The maximum absolute atomic E-state index is 12.8. The lowest BCUT2D eigenvalue weighted by Crippen LogP contribution is -2.34. The number of rotatable bonds is 3. The van der Waals surface area contributed by atoms with Gasteiger partial charge in [-0.05, 0) is 18.2 Å². The number of aromatic amines is 1. The molecular formula is C20H20N2O2. The Hall–Kier alpha value is -2.59. The number of methoxy groups -OCH3 is 1. The molecule has 0 amide bonds. The number of benzene rings is 2. The second kappa shape index (κ2) is 6.13. The Labute approximate surface area is 140 Å². The molecule has 2 aromatic carbocycles. The number of hydrogen-bond acceptors (Lipinski definition) is 3. The number of nitrogens with zero attached hydrogens (tertiary/aromatic N) is 1. The number of ether oxygens (including phenoxy) is 1. The first-order valence-electron chi connectivity index (χ1n) is 8.23. The van der Waals surface area contributed by atoms with Crippen LogP contribution in [0.25, 0.3) is 10.9 Å². The Morgan fingerprint density at radius 3 is 2.79 bits per heavy atom. The SMILES string of the molecule is COc1ccccc1CN1CCc2[nH]c3ccccc3c(=O)c2C1. The summed E-state index contributed by atoms with van der Waals surface area (Å²) in [6.45, 7) is 2.39. The maximum atomic E-state index is 12.8. The van der Waals surface area contributed by atoms with Crippen molar-refractivity contribution in [2.24, 2.45) is 0 Å². The summed E-state index contributed by atoms with van der Waals surface area (Å²) in [4.78, 5) is 18.6. The van der Waals surface area contributed by atoms with Gasteiger partial charge in [0.1, 0.15) is 5.75 Å². The summed E-state index contributed by atoms with van der Waals surface area (Å²) < 4.78 is 5.44. The third-order valence-corrected chi connectivity index (χ3v) is 4.74. The monoisotopic (exact) mass is 320 g/mol. The molecule has 3 aromatic rings. The molecule has 122 valence electrons. The van der Waals surface area contributed by atoms with Crippen molar-refractivity contribution in [1.29, 1.82) is 0 Å². The van der Waals surface area contributed by atoms with Crippen LogP contribution in [0.3, 0.4) is 0 Å². The van der Waals surface area contributed by atoms with Gasteiger partial charge in [0, 0.05) is 53.8 Å². The average Bonchev–Trinajstić information content (AvgIpc) is 2.63. The summed E-state index contributed by atoms with van der Waals surface area (Å²) in [5.41, 5.74) is 4.22. The number of aromatic nitrogens is 1. The molecule has 0 fully saturated rings. The Kier molecular flexibility index (Phi) is 3.82. The minimum Gasteiger partial charge on any atom is -0.496 e. The first-order valence-corrected chi connectivity index (χ1v) is 8.23. The zero-order valence-corrected chi connectivity index (χ0v) is 13.7. The number of fused-ring (bicyclic) bond motifs is 2. The van der Waals surface area contributed by atoms with E-state index in [1.165, 1.54) is 0 Å². The molecule has 1 aliphatic rings. The van der Waals surface area contributed by atoms with Crippen molar-refractivity contribution >= 4 is 10.9 Å². The summed E-state index contributed by atoms with van der Waals surface area (Å²) in [6, 6.07) is 15.8. The van der Waals surface area contributed by atoms with Crippen LogP contribution < -0.4 is 10.2 Å². The number of nitrogens with one attached hydrogen (secondary N) is 1. The average molecular weight is 320 g/mol. The summed E-state index contributed by atoms with van der Waals surface area (Å²) >= 11 is 0. The van der Waals surface area contributed by atoms with Crippen molar-refractivity contribution in [3.63, 3.8) is 0 Å². The number of pyridine rings is 1. The van der Waals surface area contributed by atoms with Crippen molar-refractivity contribution in [2.75, 3.05) is 13.7 Å². The highest BCUT2D eigenvalue weighted by Gasteiger charge is 2.21. The Balaban J connectivity index is 1.66. The van der Waals surface area contributed by atoms with E-state index in [0.717, 1.165) is 53.0 Å². The largest absolute Gasteiger partial charge is 0.496 e. The predicted octanol–water partition coefficient (Wildman–Crippen LogP) is 3.10. The summed E-state index contributed by atoms with van der Waals surface area (Å²) in [5, 5.41) is 0.774. The van der Waals surface area contributed by atoms with E-state index in [4.69, 9.17) is 4.74 Å². The van der Waals surface area contributed by atoms with Gasteiger partial charge < -0.3 is 9.72 Å². The molecule has 24 heavy (non-hydrogen) atoms. The van der Waals surface area contributed by atoms with E-state index in [-0.39, 0.29) is 5.43 Å². The molecule has 4 rings (SSSR count). The van der Waals surface area contributed by atoms with Crippen LogP contribution in [0.1, 0.15) is 16.8 Å². The second-order valence-electron chi connectivity index (χ2n) is 6.23. The lowest BCUT2D eigenvalue weighted by Gasteiger charge is -2.29. The zero-order valence-electron chi connectivity index (χ0n) is 13.7. The van der Waals surface area contributed by atoms with E-state index in [0.29, 0.717) is 6.54 Å². The van der Waals surface area contributed by atoms with Crippen molar-refractivity contribution < 1.29 is 4.74 Å². The second-order valence-corrected chi connectivity index (χ2v) is 6.23. The van der Waals surface area contributed by atoms with Gasteiger partial charge in [0.2, 0.25) is 0 Å². The van der Waals surface area contributed by atoms with Crippen molar-refractivity contribution in [3.05, 3.63) is 75.6 Å². The molecule has 0 atom stereocenters. The van der Waals surface area contributed by atoms with Gasteiger partial charge >= 0.3 is 0 Å². The standard InChI is InChI=1S/C20H20N2O2/c1-24-19-9-5-2-6-14(19)12-22-11-10-18-16(13-22)20(23)15-7-3-4-8-17(15)21-18/h2-9H,10-13H2,1H3,(H,21,23). The molecule has 0 spiro atoms. The molecule has 0 saturated heterocycles. The fraction of sp³-hybridized carbons (Fsp3) is 0.250. The van der Waals surface area contributed by atoms with Gasteiger partial charge in [-0.3, -0.25) is 9.69 Å². The number of para-hydroxylation sites is 2. The molecule has 4 heteroatoms. The highest BCUT2D eigenvalue weighted by Crippen LogP contribution is 2.23. The molecular weight excluding hydrogens is 300 g/mol. The highest BCUT2D eigenvalue weighted by atomic mass is 16.5. The lowest BCUT2D eigenvalue weighted by atomic mass is 10.0. The molecule has 1 aliphatic heterocycles. The van der Waals surface area contributed by atoms with Crippen LogP contribution >= 0.6 is 0 Å². The van der Waals surface area contributed by atoms with Gasteiger partial charge in [0.05, 0.1) is 7.11 Å². The highest BCUT2D eigenvalue weighted by molar-refractivity contribution is 5.79. The smallest absolute Gasteiger partial charge is 0.194 e. The number of H-pyrrole nitrogens is 1. The first-order chi connectivity index (χ1) is 11.8. The van der Waals surface area contributed by atoms with E-state index in [1.54, 1.807) is 7.11 Å². The van der Waals surface area contributed by atoms with Crippen LogP contribution in [0.4, 0.5) is 0 Å². The third kappa shape index (κ3) is 2.59. The summed E-state index contributed by atoms with van der Waals surface area (Å²) in [6.07, 6.45) is 0.866. The molecule has 2 heterocycles. The Morgan fingerprint density at radius 2 is 1.92 bits per heavy atom. The maximum Gasteiger partial charge on any atom is 0.194 e. The van der Waals surface area contributed by atoms with Crippen molar-refractivity contribution in [3.8, 4) is 5.75 Å². The first kappa shape index (κ1) is 15.0. The third-order valence-electron chi connectivity index (χ3n) is 4.74. The molecule has 0 saturated carbocycles.